The molecule has 0 saturated heterocycles. The standard InChI is InChI=1S/C17H19F3N4O/c1-11-2-4-13(5-3-11)22-16(25)14-8-12(17(18,19)20)9-15(23-14)24-7-6-21-10-24/h6-11,13H,2-5H2,1H3,(H,22,25). The average molecular weight is 352 g/mol. The lowest BCUT2D eigenvalue weighted by Gasteiger charge is -2.26. The summed E-state index contributed by atoms with van der Waals surface area (Å²) in [6.45, 7) is 2.16. The molecule has 2 aromatic heterocycles. The van der Waals surface area contributed by atoms with Crippen LogP contribution < -0.4 is 5.32 Å². The maximum Gasteiger partial charge on any atom is 0.416 e. The predicted octanol–water partition coefficient (Wildman–Crippen LogP) is 3.59. The molecule has 1 amide bonds. The minimum atomic E-state index is -4.56. The number of carbonyl (C=O) groups is 1. The van der Waals surface area contributed by atoms with Crippen molar-refractivity contribution in [1.29, 1.82) is 0 Å². The molecule has 1 aliphatic rings. The zero-order chi connectivity index (χ0) is 18.0. The molecule has 25 heavy (non-hydrogen) atoms. The van der Waals surface area contributed by atoms with E-state index in [0.29, 0.717) is 5.92 Å². The minimum Gasteiger partial charge on any atom is -0.348 e. The highest BCUT2D eigenvalue weighted by Gasteiger charge is 2.33. The Morgan fingerprint density at radius 1 is 1.24 bits per heavy atom. The molecule has 1 aliphatic carbocycles. The van der Waals surface area contributed by atoms with Gasteiger partial charge in [0.05, 0.1) is 5.56 Å². The maximum atomic E-state index is 13.2. The first-order chi connectivity index (χ1) is 11.8. The number of aromatic nitrogens is 3. The van der Waals surface area contributed by atoms with Gasteiger partial charge in [-0.15, -0.1) is 0 Å². The number of rotatable bonds is 3. The Morgan fingerprint density at radius 3 is 2.56 bits per heavy atom. The van der Waals surface area contributed by atoms with Crippen LogP contribution >= 0.6 is 0 Å². The summed E-state index contributed by atoms with van der Waals surface area (Å²) < 4.78 is 40.9. The normalized spacial score (nSPS) is 21.1. The van der Waals surface area contributed by atoms with E-state index in [1.165, 1.54) is 23.3 Å². The molecular weight excluding hydrogens is 333 g/mol. The minimum absolute atomic E-state index is 0.00902. The van der Waals surface area contributed by atoms with Crippen molar-refractivity contribution in [2.45, 2.75) is 44.8 Å². The van der Waals surface area contributed by atoms with Crippen LogP contribution in [0.2, 0.25) is 0 Å². The molecule has 0 radical (unpaired) electrons. The summed E-state index contributed by atoms with van der Waals surface area (Å²) in [5, 5.41) is 2.81. The van der Waals surface area contributed by atoms with Gasteiger partial charge in [-0.3, -0.25) is 9.36 Å². The summed E-state index contributed by atoms with van der Waals surface area (Å²) in [6.07, 6.45) is 3.36. The Labute approximate surface area is 143 Å². The van der Waals surface area contributed by atoms with Gasteiger partial charge >= 0.3 is 6.18 Å². The van der Waals surface area contributed by atoms with Crippen LogP contribution in [0.25, 0.3) is 5.82 Å². The fourth-order valence-electron chi connectivity index (χ4n) is 2.99. The van der Waals surface area contributed by atoms with Crippen molar-refractivity contribution in [2.24, 2.45) is 5.92 Å². The zero-order valence-corrected chi connectivity index (χ0v) is 13.8. The number of carbonyl (C=O) groups excluding carboxylic acids is 1. The highest BCUT2D eigenvalue weighted by Crippen LogP contribution is 2.31. The van der Waals surface area contributed by atoms with Crippen LogP contribution in [-0.4, -0.2) is 26.5 Å². The highest BCUT2D eigenvalue weighted by atomic mass is 19.4. The smallest absolute Gasteiger partial charge is 0.348 e. The van der Waals surface area contributed by atoms with Gasteiger partial charge in [-0.2, -0.15) is 13.2 Å². The summed E-state index contributed by atoms with van der Waals surface area (Å²) in [6, 6.07) is 1.68. The van der Waals surface area contributed by atoms with Crippen molar-refractivity contribution in [3.05, 3.63) is 42.1 Å². The lowest BCUT2D eigenvalue weighted by Crippen LogP contribution is -2.38. The molecule has 2 heterocycles. The van der Waals surface area contributed by atoms with E-state index in [0.717, 1.165) is 37.8 Å². The summed E-state index contributed by atoms with van der Waals surface area (Å²) >= 11 is 0. The quantitative estimate of drug-likeness (QED) is 0.918. The van der Waals surface area contributed by atoms with Gasteiger partial charge < -0.3 is 5.32 Å². The van der Waals surface area contributed by atoms with E-state index in [-0.39, 0.29) is 17.6 Å². The van der Waals surface area contributed by atoms with Gasteiger partial charge in [0.15, 0.2) is 0 Å². The predicted molar refractivity (Wildman–Crippen MR) is 85.2 cm³/mol. The fourth-order valence-corrected chi connectivity index (χ4v) is 2.99. The Hall–Kier alpha value is -2.38. The number of amides is 1. The molecule has 0 spiro atoms. The van der Waals surface area contributed by atoms with Gasteiger partial charge in [-0.05, 0) is 43.7 Å². The number of hydrogen-bond acceptors (Lipinski definition) is 3. The zero-order valence-electron chi connectivity index (χ0n) is 13.8. The Kier molecular flexibility index (Phi) is 4.78. The van der Waals surface area contributed by atoms with Crippen molar-refractivity contribution in [3.8, 4) is 5.82 Å². The molecular formula is C17H19F3N4O. The number of halogens is 3. The second-order valence-corrected chi connectivity index (χ2v) is 6.50. The van der Waals surface area contributed by atoms with Gasteiger partial charge in [0.1, 0.15) is 17.8 Å². The SMILES string of the molecule is CC1CCC(NC(=O)c2cc(C(F)(F)F)cc(-n3ccnc3)n2)CC1. The van der Waals surface area contributed by atoms with Crippen LogP contribution in [0.5, 0.6) is 0 Å². The van der Waals surface area contributed by atoms with Crippen molar-refractivity contribution in [2.75, 3.05) is 0 Å². The Bertz CT molecular complexity index is 735. The molecule has 0 aliphatic heterocycles. The van der Waals surface area contributed by atoms with Crippen molar-refractivity contribution in [1.82, 2.24) is 19.9 Å². The van der Waals surface area contributed by atoms with Gasteiger partial charge in [0, 0.05) is 18.4 Å². The topological polar surface area (TPSA) is 59.8 Å². The van der Waals surface area contributed by atoms with E-state index in [2.05, 4.69) is 22.2 Å². The van der Waals surface area contributed by atoms with Crippen LogP contribution in [-0.2, 0) is 6.18 Å². The molecule has 0 unspecified atom stereocenters. The van der Waals surface area contributed by atoms with Crippen molar-refractivity contribution < 1.29 is 18.0 Å². The molecule has 3 rings (SSSR count). The average Bonchev–Trinajstić information content (AvgIpc) is 3.10. The van der Waals surface area contributed by atoms with E-state index < -0.39 is 17.6 Å². The van der Waals surface area contributed by atoms with Crippen LogP contribution in [0, 0.1) is 5.92 Å². The summed E-state index contributed by atoms with van der Waals surface area (Å²) in [5.74, 6) is 0.0504. The molecule has 2 aromatic rings. The first kappa shape index (κ1) is 17.4. The van der Waals surface area contributed by atoms with E-state index in [1.54, 1.807) is 0 Å². The Morgan fingerprint density at radius 2 is 1.96 bits per heavy atom. The number of alkyl halides is 3. The lowest BCUT2D eigenvalue weighted by molar-refractivity contribution is -0.137. The molecule has 8 heteroatoms. The third-order valence-corrected chi connectivity index (χ3v) is 4.49. The summed E-state index contributed by atoms with van der Waals surface area (Å²) in [4.78, 5) is 20.3. The van der Waals surface area contributed by atoms with Crippen LogP contribution in [0.3, 0.4) is 0 Å². The summed E-state index contributed by atoms with van der Waals surface area (Å²) in [5.41, 5.74) is -1.15. The first-order valence-corrected chi connectivity index (χ1v) is 8.21. The summed E-state index contributed by atoms with van der Waals surface area (Å²) in [7, 11) is 0. The molecule has 1 N–H and O–H groups in total. The second-order valence-electron chi connectivity index (χ2n) is 6.50. The monoisotopic (exact) mass is 352 g/mol. The van der Waals surface area contributed by atoms with Gasteiger partial charge in [-0.1, -0.05) is 6.92 Å². The first-order valence-electron chi connectivity index (χ1n) is 8.21. The molecule has 5 nitrogen and oxygen atoms in total. The Balaban J connectivity index is 1.86. The largest absolute Gasteiger partial charge is 0.416 e. The van der Waals surface area contributed by atoms with Crippen LogP contribution in [0.4, 0.5) is 13.2 Å². The molecule has 134 valence electrons. The van der Waals surface area contributed by atoms with E-state index in [9.17, 15) is 18.0 Å². The second kappa shape index (κ2) is 6.85. The maximum absolute atomic E-state index is 13.2. The van der Waals surface area contributed by atoms with Crippen LogP contribution in [0.1, 0.15) is 48.7 Å². The van der Waals surface area contributed by atoms with Crippen molar-refractivity contribution in [3.63, 3.8) is 0 Å². The lowest BCUT2D eigenvalue weighted by atomic mass is 9.87. The molecule has 0 bridgehead atoms. The third-order valence-electron chi connectivity index (χ3n) is 4.49. The number of hydrogen-bond donors (Lipinski definition) is 1. The number of nitrogens with zero attached hydrogens (tertiary/aromatic N) is 3. The third kappa shape index (κ3) is 4.18. The van der Waals surface area contributed by atoms with E-state index in [1.807, 2.05) is 0 Å². The van der Waals surface area contributed by atoms with E-state index >= 15 is 0 Å². The van der Waals surface area contributed by atoms with Gasteiger partial charge in [0.2, 0.25) is 0 Å². The number of pyridine rings is 1. The highest BCUT2D eigenvalue weighted by molar-refractivity contribution is 5.93. The number of imidazole rings is 1. The van der Waals surface area contributed by atoms with Gasteiger partial charge in [-0.25, -0.2) is 9.97 Å². The molecule has 0 atom stereocenters. The molecule has 0 aromatic carbocycles. The number of nitrogens with one attached hydrogen (secondary N) is 1. The van der Waals surface area contributed by atoms with Crippen molar-refractivity contribution >= 4 is 5.91 Å². The fraction of sp³-hybridized carbons (Fsp3) is 0.471. The van der Waals surface area contributed by atoms with Gasteiger partial charge in [0.25, 0.3) is 5.91 Å². The van der Waals surface area contributed by atoms with Crippen LogP contribution in [0.15, 0.2) is 30.9 Å². The molecule has 1 fully saturated rings. The molecule has 1 saturated carbocycles. The van der Waals surface area contributed by atoms with E-state index in [4.69, 9.17) is 0 Å².